The number of amides is 2. The van der Waals surface area contributed by atoms with Crippen molar-refractivity contribution in [1.29, 1.82) is 0 Å². The molecule has 1 atom stereocenters. The molecule has 0 aliphatic heterocycles. The maximum Gasteiger partial charge on any atom is 0.315 e. The molecule has 0 bridgehead atoms. The van der Waals surface area contributed by atoms with E-state index in [0.29, 0.717) is 13.0 Å². The van der Waals surface area contributed by atoms with Crippen molar-refractivity contribution >= 4 is 6.03 Å². The highest BCUT2D eigenvalue weighted by atomic mass is 16.3. The van der Waals surface area contributed by atoms with Crippen LogP contribution in [-0.4, -0.2) is 34.8 Å². The summed E-state index contributed by atoms with van der Waals surface area (Å²) < 4.78 is 0. The van der Waals surface area contributed by atoms with Gasteiger partial charge >= 0.3 is 6.03 Å². The smallest absolute Gasteiger partial charge is 0.315 e. The highest BCUT2D eigenvalue weighted by molar-refractivity contribution is 5.74. The Kier molecular flexibility index (Phi) is 6.45. The van der Waals surface area contributed by atoms with Crippen LogP contribution >= 0.6 is 0 Å². The Morgan fingerprint density at radius 2 is 2.25 bits per heavy atom. The standard InChI is InChI=1S/C15H25N3O2/c1-4-15(3,7-10-19)18-14(20)17-9-6-13-5-8-16-11-12(13)2/h5,8,11,19H,4,6-7,9-10H2,1-3H3,(H2,17,18,20). The minimum atomic E-state index is -0.356. The number of hydrogen-bond donors (Lipinski definition) is 3. The minimum Gasteiger partial charge on any atom is -0.396 e. The minimum absolute atomic E-state index is 0.0703. The maximum atomic E-state index is 11.9. The van der Waals surface area contributed by atoms with Crippen LogP contribution in [0.3, 0.4) is 0 Å². The van der Waals surface area contributed by atoms with Crippen LogP contribution in [0, 0.1) is 6.92 Å². The highest BCUT2D eigenvalue weighted by Crippen LogP contribution is 2.13. The summed E-state index contributed by atoms with van der Waals surface area (Å²) in [4.78, 5) is 15.9. The van der Waals surface area contributed by atoms with Crippen LogP contribution in [0.5, 0.6) is 0 Å². The SMILES string of the molecule is CCC(C)(CCO)NC(=O)NCCc1ccncc1C. The van der Waals surface area contributed by atoms with Gasteiger partial charge in [0.1, 0.15) is 0 Å². The highest BCUT2D eigenvalue weighted by Gasteiger charge is 2.23. The van der Waals surface area contributed by atoms with Gasteiger partial charge in [-0.05, 0) is 50.3 Å². The number of pyridine rings is 1. The molecule has 1 rings (SSSR count). The van der Waals surface area contributed by atoms with E-state index in [2.05, 4.69) is 15.6 Å². The van der Waals surface area contributed by atoms with Gasteiger partial charge in [0.15, 0.2) is 0 Å². The molecule has 0 aliphatic rings. The Hall–Kier alpha value is -1.62. The van der Waals surface area contributed by atoms with E-state index in [4.69, 9.17) is 5.11 Å². The van der Waals surface area contributed by atoms with Crippen LogP contribution in [0.4, 0.5) is 4.79 Å². The number of aliphatic hydroxyl groups excluding tert-OH is 1. The predicted molar refractivity (Wildman–Crippen MR) is 79.6 cm³/mol. The van der Waals surface area contributed by atoms with Crippen molar-refractivity contribution in [3.05, 3.63) is 29.6 Å². The third-order valence-electron chi connectivity index (χ3n) is 3.68. The van der Waals surface area contributed by atoms with Gasteiger partial charge in [-0.3, -0.25) is 4.98 Å². The Labute approximate surface area is 120 Å². The zero-order chi connectivity index (χ0) is 15.0. The summed E-state index contributed by atoms with van der Waals surface area (Å²) in [5.41, 5.74) is 1.97. The molecule has 1 aromatic heterocycles. The van der Waals surface area contributed by atoms with Crippen LogP contribution < -0.4 is 10.6 Å². The Bertz CT molecular complexity index is 437. The van der Waals surface area contributed by atoms with Gasteiger partial charge in [0.25, 0.3) is 0 Å². The second kappa shape index (κ2) is 7.85. The van der Waals surface area contributed by atoms with E-state index in [1.807, 2.05) is 33.0 Å². The molecule has 0 spiro atoms. The summed E-state index contributed by atoms with van der Waals surface area (Å²) in [6.45, 7) is 6.60. The topological polar surface area (TPSA) is 74.2 Å². The maximum absolute atomic E-state index is 11.9. The summed E-state index contributed by atoms with van der Waals surface area (Å²) in [7, 11) is 0. The number of carbonyl (C=O) groups excluding carboxylic acids is 1. The lowest BCUT2D eigenvalue weighted by Gasteiger charge is -2.29. The Morgan fingerprint density at radius 3 is 2.85 bits per heavy atom. The van der Waals surface area contributed by atoms with E-state index in [1.54, 1.807) is 6.20 Å². The fourth-order valence-corrected chi connectivity index (χ4v) is 1.99. The third kappa shape index (κ3) is 5.17. The first-order chi connectivity index (χ1) is 9.50. The third-order valence-corrected chi connectivity index (χ3v) is 3.68. The van der Waals surface area contributed by atoms with Gasteiger partial charge in [0.2, 0.25) is 0 Å². The number of hydrogen-bond acceptors (Lipinski definition) is 3. The molecule has 5 heteroatoms. The molecule has 5 nitrogen and oxygen atoms in total. The predicted octanol–water partition coefficient (Wildman–Crippen LogP) is 1.78. The van der Waals surface area contributed by atoms with E-state index in [-0.39, 0.29) is 18.2 Å². The molecule has 0 saturated heterocycles. The summed E-state index contributed by atoms with van der Waals surface area (Å²) in [5.74, 6) is 0. The van der Waals surface area contributed by atoms with Crippen LogP contribution in [-0.2, 0) is 6.42 Å². The number of aryl methyl sites for hydroxylation is 1. The first kappa shape index (κ1) is 16.4. The Morgan fingerprint density at radius 1 is 1.50 bits per heavy atom. The molecule has 3 N–H and O–H groups in total. The molecule has 20 heavy (non-hydrogen) atoms. The van der Waals surface area contributed by atoms with Crippen LogP contribution in [0.25, 0.3) is 0 Å². The van der Waals surface area contributed by atoms with E-state index < -0.39 is 0 Å². The van der Waals surface area contributed by atoms with Crippen LogP contribution in [0.1, 0.15) is 37.8 Å². The van der Waals surface area contributed by atoms with E-state index >= 15 is 0 Å². The van der Waals surface area contributed by atoms with Crippen LogP contribution in [0.2, 0.25) is 0 Å². The van der Waals surface area contributed by atoms with Crippen molar-refractivity contribution in [2.45, 2.75) is 45.6 Å². The number of aromatic nitrogens is 1. The van der Waals surface area contributed by atoms with Gasteiger partial charge in [-0.15, -0.1) is 0 Å². The number of urea groups is 1. The number of aliphatic hydroxyl groups is 1. The summed E-state index contributed by atoms with van der Waals surface area (Å²) in [6, 6.07) is 1.78. The summed E-state index contributed by atoms with van der Waals surface area (Å²) in [6.07, 6.45) is 5.71. The first-order valence-corrected chi connectivity index (χ1v) is 7.07. The van der Waals surface area contributed by atoms with Gasteiger partial charge < -0.3 is 15.7 Å². The normalized spacial score (nSPS) is 13.6. The van der Waals surface area contributed by atoms with Crippen molar-refractivity contribution in [1.82, 2.24) is 15.6 Å². The molecule has 0 radical (unpaired) electrons. The van der Waals surface area contributed by atoms with E-state index in [0.717, 1.165) is 18.4 Å². The fraction of sp³-hybridized carbons (Fsp3) is 0.600. The lowest BCUT2D eigenvalue weighted by Crippen LogP contribution is -2.50. The molecule has 1 aromatic rings. The molecule has 0 fully saturated rings. The fourth-order valence-electron chi connectivity index (χ4n) is 1.99. The van der Waals surface area contributed by atoms with Crippen molar-refractivity contribution in [3.63, 3.8) is 0 Å². The van der Waals surface area contributed by atoms with Gasteiger partial charge in [-0.1, -0.05) is 6.92 Å². The van der Waals surface area contributed by atoms with Crippen LogP contribution in [0.15, 0.2) is 18.5 Å². The molecule has 1 unspecified atom stereocenters. The average molecular weight is 279 g/mol. The zero-order valence-corrected chi connectivity index (χ0v) is 12.6. The molecular weight excluding hydrogens is 254 g/mol. The lowest BCUT2D eigenvalue weighted by atomic mass is 9.95. The van der Waals surface area contributed by atoms with Gasteiger partial charge in [0, 0.05) is 31.1 Å². The number of carbonyl (C=O) groups is 1. The molecule has 0 aromatic carbocycles. The quantitative estimate of drug-likeness (QED) is 0.712. The van der Waals surface area contributed by atoms with Gasteiger partial charge in [0.05, 0.1) is 0 Å². The second-order valence-electron chi connectivity index (χ2n) is 5.32. The molecule has 0 aliphatic carbocycles. The lowest BCUT2D eigenvalue weighted by molar-refractivity contribution is 0.201. The zero-order valence-electron chi connectivity index (χ0n) is 12.6. The van der Waals surface area contributed by atoms with Gasteiger partial charge in [-0.2, -0.15) is 0 Å². The largest absolute Gasteiger partial charge is 0.396 e. The van der Waals surface area contributed by atoms with Crippen molar-refractivity contribution < 1.29 is 9.90 Å². The van der Waals surface area contributed by atoms with Gasteiger partial charge in [-0.25, -0.2) is 4.79 Å². The van der Waals surface area contributed by atoms with Crippen molar-refractivity contribution in [2.24, 2.45) is 0 Å². The summed E-state index contributed by atoms with van der Waals surface area (Å²) >= 11 is 0. The molecular formula is C15H25N3O2. The monoisotopic (exact) mass is 279 g/mol. The Balaban J connectivity index is 2.38. The summed E-state index contributed by atoms with van der Waals surface area (Å²) in [5, 5.41) is 14.8. The van der Waals surface area contributed by atoms with Crippen molar-refractivity contribution in [2.75, 3.05) is 13.2 Å². The molecule has 0 saturated carbocycles. The number of nitrogens with zero attached hydrogens (tertiary/aromatic N) is 1. The molecule has 1 heterocycles. The first-order valence-electron chi connectivity index (χ1n) is 7.07. The van der Waals surface area contributed by atoms with E-state index in [9.17, 15) is 4.79 Å². The van der Waals surface area contributed by atoms with E-state index in [1.165, 1.54) is 5.56 Å². The van der Waals surface area contributed by atoms with Crippen molar-refractivity contribution in [3.8, 4) is 0 Å². The molecule has 112 valence electrons. The number of rotatable bonds is 7. The average Bonchev–Trinajstić information content (AvgIpc) is 2.41. The number of nitrogens with one attached hydrogen (secondary N) is 2. The second-order valence-corrected chi connectivity index (χ2v) is 5.32. The molecule has 2 amide bonds.